The summed E-state index contributed by atoms with van der Waals surface area (Å²) in [7, 11) is 1.78. The molecular formula is C10H17F2N3O. The molecule has 1 heterocycles. The van der Waals surface area contributed by atoms with E-state index in [-0.39, 0.29) is 6.04 Å². The highest BCUT2D eigenvalue weighted by molar-refractivity contribution is 5.19. The maximum atomic E-state index is 12.8. The molecule has 0 aliphatic carbocycles. The number of rotatable bonds is 5. The standard InChI is InChI=1S/C10H17F2N3O/c1-7(13-5-10(11,12)6-16)9-4-15(3)14-8(9)2/h4,7,13,16H,5-6H2,1-3H3. The van der Waals surface area contributed by atoms with Gasteiger partial charge in [-0.05, 0) is 13.8 Å². The van der Waals surface area contributed by atoms with Crippen molar-refractivity contribution in [1.82, 2.24) is 15.1 Å². The molecule has 0 aliphatic rings. The Balaban J connectivity index is 2.59. The van der Waals surface area contributed by atoms with Crippen LogP contribution in [0.1, 0.15) is 24.2 Å². The van der Waals surface area contributed by atoms with Crippen LogP contribution in [0, 0.1) is 6.92 Å². The Bertz CT molecular complexity index is 352. The van der Waals surface area contributed by atoms with Gasteiger partial charge in [0.15, 0.2) is 0 Å². The van der Waals surface area contributed by atoms with Crippen molar-refractivity contribution in [2.24, 2.45) is 7.05 Å². The molecule has 0 saturated heterocycles. The summed E-state index contributed by atoms with van der Waals surface area (Å²) in [5.41, 5.74) is 1.70. The lowest BCUT2D eigenvalue weighted by Crippen LogP contribution is -2.37. The van der Waals surface area contributed by atoms with Gasteiger partial charge in [-0.25, -0.2) is 8.78 Å². The van der Waals surface area contributed by atoms with Gasteiger partial charge in [0.05, 0.1) is 12.2 Å². The van der Waals surface area contributed by atoms with Crippen LogP contribution in [0.3, 0.4) is 0 Å². The fourth-order valence-electron chi connectivity index (χ4n) is 1.51. The smallest absolute Gasteiger partial charge is 0.282 e. The number of nitrogens with one attached hydrogen (secondary N) is 1. The van der Waals surface area contributed by atoms with Gasteiger partial charge in [0, 0.05) is 24.8 Å². The summed E-state index contributed by atoms with van der Waals surface area (Å²) in [6.07, 6.45) is 1.80. The average molecular weight is 233 g/mol. The first-order valence-corrected chi connectivity index (χ1v) is 5.08. The van der Waals surface area contributed by atoms with E-state index < -0.39 is 19.1 Å². The molecule has 0 spiro atoms. The first-order valence-electron chi connectivity index (χ1n) is 5.08. The Morgan fingerprint density at radius 3 is 2.69 bits per heavy atom. The monoisotopic (exact) mass is 233 g/mol. The highest BCUT2D eigenvalue weighted by Gasteiger charge is 2.28. The average Bonchev–Trinajstić information content (AvgIpc) is 2.54. The van der Waals surface area contributed by atoms with Gasteiger partial charge in [-0.2, -0.15) is 5.10 Å². The Hall–Kier alpha value is -1.01. The third-order valence-electron chi connectivity index (χ3n) is 2.42. The molecule has 1 aromatic heterocycles. The molecular weight excluding hydrogens is 216 g/mol. The Morgan fingerprint density at radius 2 is 2.25 bits per heavy atom. The van der Waals surface area contributed by atoms with Crippen LogP contribution in [0.5, 0.6) is 0 Å². The van der Waals surface area contributed by atoms with Gasteiger partial charge in [-0.1, -0.05) is 0 Å². The molecule has 1 rings (SSSR count). The molecule has 2 N–H and O–H groups in total. The topological polar surface area (TPSA) is 50.1 Å². The molecule has 0 fully saturated rings. The summed E-state index contributed by atoms with van der Waals surface area (Å²) < 4.78 is 27.2. The zero-order valence-electron chi connectivity index (χ0n) is 9.67. The Labute approximate surface area is 93.3 Å². The SMILES string of the molecule is Cc1nn(C)cc1C(C)NCC(F)(F)CO. The zero-order chi connectivity index (χ0) is 12.3. The van der Waals surface area contributed by atoms with Gasteiger partial charge in [-0.15, -0.1) is 0 Å². The van der Waals surface area contributed by atoms with Gasteiger partial charge in [0.2, 0.25) is 0 Å². The minimum Gasteiger partial charge on any atom is -0.390 e. The summed E-state index contributed by atoms with van der Waals surface area (Å²) in [5, 5.41) is 15.2. The summed E-state index contributed by atoms with van der Waals surface area (Å²) in [6, 6.07) is -0.217. The number of aliphatic hydroxyl groups excluding tert-OH is 1. The number of aliphatic hydroxyl groups is 1. The maximum Gasteiger partial charge on any atom is 0.282 e. The second-order valence-corrected chi connectivity index (χ2v) is 3.96. The number of aromatic nitrogens is 2. The van der Waals surface area contributed by atoms with Crippen LogP contribution in [0.4, 0.5) is 8.78 Å². The van der Waals surface area contributed by atoms with Gasteiger partial charge in [-0.3, -0.25) is 4.68 Å². The molecule has 0 aliphatic heterocycles. The Morgan fingerprint density at radius 1 is 1.62 bits per heavy atom. The highest BCUT2D eigenvalue weighted by Crippen LogP contribution is 2.17. The van der Waals surface area contributed by atoms with Gasteiger partial charge in [0.25, 0.3) is 5.92 Å². The van der Waals surface area contributed by atoms with Crippen molar-refractivity contribution in [3.05, 3.63) is 17.5 Å². The number of hydrogen-bond acceptors (Lipinski definition) is 3. The molecule has 0 amide bonds. The van der Waals surface area contributed by atoms with E-state index in [0.29, 0.717) is 0 Å². The predicted octanol–water partition coefficient (Wildman–Crippen LogP) is 1.01. The van der Waals surface area contributed by atoms with Crippen LogP contribution in [-0.2, 0) is 7.05 Å². The molecule has 0 saturated carbocycles. The minimum atomic E-state index is -3.08. The van der Waals surface area contributed by atoms with Gasteiger partial charge < -0.3 is 10.4 Å². The molecule has 1 aromatic rings. The van der Waals surface area contributed by atoms with Crippen LogP contribution in [0.2, 0.25) is 0 Å². The number of nitrogens with zero attached hydrogens (tertiary/aromatic N) is 2. The maximum absolute atomic E-state index is 12.8. The van der Waals surface area contributed by atoms with E-state index in [1.54, 1.807) is 24.9 Å². The quantitative estimate of drug-likeness (QED) is 0.798. The van der Waals surface area contributed by atoms with E-state index in [1.807, 2.05) is 6.92 Å². The number of alkyl halides is 2. The van der Waals surface area contributed by atoms with Crippen LogP contribution >= 0.6 is 0 Å². The highest BCUT2D eigenvalue weighted by atomic mass is 19.3. The molecule has 4 nitrogen and oxygen atoms in total. The van der Waals surface area contributed by atoms with Crippen molar-refractivity contribution in [2.75, 3.05) is 13.2 Å². The normalized spacial score (nSPS) is 14.1. The molecule has 1 atom stereocenters. The van der Waals surface area contributed by atoms with Crippen LogP contribution < -0.4 is 5.32 Å². The predicted molar refractivity (Wildman–Crippen MR) is 56.4 cm³/mol. The van der Waals surface area contributed by atoms with Crippen molar-refractivity contribution < 1.29 is 13.9 Å². The summed E-state index contributed by atoms with van der Waals surface area (Å²) in [4.78, 5) is 0. The third kappa shape index (κ3) is 3.24. The molecule has 0 bridgehead atoms. The van der Waals surface area contributed by atoms with Gasteiger partial charge >= 0.3 is 0 Å². The van der Waals surface area contributed by atoms with Crippen LogP contribution in [-0.4, -0.2) is 34.0 Å². The zero-order valence-corrected chi connectivity index (χ0v) is 9.67. The van der Waals surface area contributed by atoms with Crippen molar-refractivity contribution >= 4 is 0 Å². The molecule has 0 aromatic carbocycles. The lowest BCUT2D eigenvalue weighted by atomic mass is 10.1. The second kappa shape index (κ2) is 4.88. The fraction of sp³-hybridized carbons (Fsp3) is 0.700. The van der Waals surface area contributed by atoms with E-state index in [1.165, 1.54) is 0 Å². The van der Waals surface area contributed by atoms with Crippen molar-refractivity contribution in [2.45, 2.75) is 25.8 Å². The largest absolute Gasteiger partial charge is 0.390 e. The van der Waals surface area contributed by atoms with Gasteiger partial charge in [0.1, 0.15) is 6.61 Å². The summed E-state index contributed by atoms with van der Waals surface area (Å²) in [6.45, 7) is 1.94. The second-order valence-electron chi connectivity index (χ2n) is 3.96. The van der Waals surface area contributed by atoms with Crippen molar-refractivity contribution in [3.63, 3.8) is 0 Å². The lowest BCUT2D eigenvalue weighted by molar-refractivity contribution is -0.0490. The molecule has 92 valence electrons. The lowest BCUT2D eigenvalue weighted by Gasteiger charge is -2.18. The number of aryl methyl sites for hydroxylation is 2. The van der Waals surface area contributed by atoms with Crippen LogP contribution in [0.15, 0.2) is 6.20 Å². The molecule has 0 radical (unpaired) electrons. The van der Waals surface area contributed by atoms with Crippen LogP contribution in [0.25, 0.3) is 0 Å². The van der Waals surface area contributed by atoms with E-state index in [4.69, 9.17) is 5.11 Å². The fourth-order valence-corrected chi connectivity index (χ4v) is 1.51. The van der Waals surface area contributed by atoms with Crippen molar-refractivity contribution in [1.29, 1.82) is 0 Å². The molecule has 6 heteroatoms. The summed E-state index contributed by atoms with van der Waals surface area (Å²) >= 11 is 0. The third-order valence-corrected chi connectivity index (χ3v) is 2.42. The minimum absolute atomic E-state index is 0.217. The van der Waals surface area contributed by atoms with E-state index in [0.717, 1.165) is 11.3 Å². The molecule has 16 heavy (non-hydrogen) atoms. The molecule has 1 unspecified atom stereocenters. The first kappa shape index (κ1) is 13.1. The number of hydrogen-bond donors (Lipinski definition) is 2. The van der Waals surface area contributed by atoms with Crippen molar-refractivity contribution in [3.8, 4) is 0 Å². The van der Waals surface area contributed by atoms with E-state index in [9.17, 15) is 8.78 Å². The summed E-state index contributed by atoms with van der Waals surface area (Å²) in [5.74, 6) is -3.08. The van der Waals surface area contributed by atoms with E-state index >= 15 is 0 Å². The first-order chi connectivity index (χ1) is 7.35. The van der Waals surface area contributed by atoms with E-state index in [2.05, 4.69) is 10.4 Å². The number of halogens is 2. The Kier molecular flexibility index (Phi) is 3.98.